The fourth-order valence-electron chi connectivity index (χ4n) is 1.46. The van der Waals surface area contributed by atoms with Crippen LogP contribution in [0.25, 0.3) is 0 Å². The fourth-order valence-corrected chi connectivity index (χ4v) is 2.02. The van der Waals surface area contributed by atoms with Gasteiger partial charge in [0.15, 0.2) is 0 Å². The van der Waals surface area contributed by atoms with Gasteiger partial charge in [0.1, 0.15) is 11.6 Å². The van der Waals surface area contributed by atoms with Crippen LogP contribution >= 0.6 is 15.9 Å². The van der Waals surface area contributed by atoms with E-state index in [0.29, 0.717) is 0 Å². The molecule has 1 aromatic rings. The third-order valence-electron chi connectivity index (χ3n) is 2.41. The maximum Gasteiger partial charge on any atom is 0.251 e. The van der Waals surface area contributed by atoms with Crippen molar-refractivity contribution in [2.45, 2.75) is 25.8 Å². The van der Waals surface area contributed by atoms with E-state index in [9.17, 15) is 13.6 Å². The van der Waals surface area contributed by atoms with Crippen molar-refractivity contribution in [3.8, 4) is 0 Å². The number of carbonyl (C=O) groups is 1. The number of hydrogen-bond acceptors (Lipinski definition) is 1. The molecule has 94 valence electrons. The van der Waals surface area contributed by atoms with Gasteiger partial charge in [0.2, 0.25) is 0 Å². The predicted octanol–water partition coefficient (Wildman–Crippen LogP) is 3.26. The highest BCUT2D eigenvalue weighted by Gasteiger charge is 2.13. The molecule has 0 spiro atoms. The predicted molar refractivity (Wildman–Crippen MR) is 66.3 cm³/mol. The Labute approximate surface area is 108 Å². The molecular formula is C12H14BrF2NO. The fraction of sp³-hybridized carbons (Fsp3) is 0.417. The Morgan fingerprint density at radius 1 is 1.35 bits per heavy atom. The summed E-state index contributed by atoms with van der Waals surface area (Å²) < 4.78 is 25.9. The Kier molecular flexibility index (Phi) is 5.55. The average Bonchev–Trinajstić information content (AvgIpc) is 2.27. The van der Waals surface area contributed by atoms with Crippen LogP contribution in [0.4, 0.5) is 8.78 Å². The summed E-state index contributed by atoms with van der Waals surface area (Å²) >= 11 is 3.29. The first-order chi connectivity index (χ1) is 8.06. The molecule has 0 bridgehead atoms. The Bertz CT molecular complexity index is 378. The zero-order valence-corrected chi connectivity index (χ0v) is 11.1. The first-order valence-electron chi connectivity index (χ1n) is 5.39. The molecule has 0 aromatic heterocycles. The molecule has 1 aromatic carbocycles. The molecule has 1 amide bonds. The van der Waals surface area contributed by atoms with Gasteiger partial charge in [0, 0.05) is 23.0 Å². The number of amides is 1. The van der Waals surface area contributed by atoms with E-state index in [1.165, 1.54) is 0 Å². The number of nitrogens with one attached hydrogen (secondary N) is 1. The standard InChI is InChI=1S/C12H14BrF2NO/c1-2-11(3-4-13)16-12(17)8-5-9(14)7-10(15)6-8/h5-7,11H,2-4H2,1H3,(H,16,17). The minimum absolute atomic E-state index is 0.00760. The molecule has 1 atom stereocenters. The molecular weight excluding hydrogens is 292 g/mol. The number of hydrogen-bond donors (Lipinski definition) is 1. The molecule has 1 rings (SSSR count). The van der Waals surface area contributed by atoms with E-state index in [0.717, 1.165) is 36.4 Å². The van der Waals surface area contributed by atoms with Crippen molar-refractivity contribution in [3.05, 3.63) is 35.4 Å². The topological polar surface area (TPSA) is 29.1 Å². The first kappa shape index (κ1) is 14.1. The van der Waals surface area contributed by atoms with Crippen LogP contribution in [0.15, 0.2) is 18.2 Å². The summed E-state index contributed by atoms with van der Waals surface area (Å²) in [6.45, 7) is 1.94. The van der Waals surface area contributed by atoms with Crippen LogP contribution in [-0.4, -0.2) is 17.3 Å². The summed E-state index contributed by atoms with van der Waals surface area (Å²) in [7, 11) is 0. The van der Waals surface area contributed by atoms with Crippen LogP contribution in [-0.2, 0) is 0 Å². The molecule has 0 saturated carbocycles. The lowest BCUT2D eigenvalue weighted by Crippen LogP contribution is -2.34. The van der Waals surface area contributed by atoms with Crippen molar-refractivity contribution >= 4 is 21.8 Å². The van der Waals surface area contributed by atoms with Crippen LogP contribution in [0.1, 0.15) is 30.1 Å². The Balaban J connectivity index is 2.75. The van der Waals surface area contributed by atoms with E-state index in [-0.39, 0.29) is 11.6 Å². The van der Waals surface area contributed by atoms with E-state index in [1.54, 1.807) is 0 Å². The van der Waals surface area contributed by atoms with Crippen LogP contribution in [0, 0.1) is 11.6 Å². The lowest BCUT2D eigenvalue weighted by molar-refractivity contribution is 0.0934. The molecule has 0 aliphatic heterocycles. The highest BCUT2D eigenvalue weighted by molar-refractivity contribution is 9.09. The molecule has 5 heteroatoms. The summed E-state index contributed by atoms with van der Waals surface area (Å²) in [6.07, 6.45) is 1.55. The average molecular weight is 306 g/mol. The summed E-state index contributed by atoms with van der Waals surface area (Å²) in [6, 6.07) is 2.80. The second-order valence-electron chi connectivity index (χ2n) is 3.71. The van der Waals surface area contributed by atoms with Crippen molar-refractivity contribution in [2.24, 2.45) is 0 Å². The maximum atomic E-state index is 12.9. The normalized spacial score (nSPS) is 12.2. The Morgan fingerprint density at radius 3 is 2.41 bits per heavy atom. The smallest absolute Gasteiger partial charge is 0.251 e. The molecule has 2 nitrogen and oxygen atoms in total. The molecule has 1 unspecified atom stereocenters. The molecule has 0 heterocycles. The molecule has 0 aliphatic carbocycles. The van der Waals surface area contributed by atoms with E-state index >= 15 is 0 Å². The van der Waals surface area contributed by atoms with E-state index in [1.807, 2.05) is 6.92 Å². The van der Waals surface area contributed by atoms with Crippen LogP contribution in [0.3, 0.4) is 0 Å². The third kappa shape index (κ3) is 4.42. The van der Waals surface area contributed by atoms with Gasteiger partial charge in [-0.1, -0.05) is 22.9 Å². The van der Waals surface area contributed by atoms with E-state index < -0.39 is 17.5 Å². The van der Waals surface area contributed by atoms with Gasteiger partial charge in [-0.15, -0.1) is 0 Å². The minimum Gasteiger partial charge on any atom is -0.349 e. The molecule has 0 fully saturated rings. The van der Waals surface area contributed by atoms with Crippen LogP contribution < -0.4 is 5.32 Å². The molecule has 0 radical (unpaired) electrons. The molecule has 0 aliphatic rings. The van der Waals surface area contributed by atoms with Gasteiger partial charge in [-0.05, 0) is 25.0 Å². The number of halogens is 3. The number of benzene rings is 1. The lowest BCUT2D eigenvalue weighted by Gasteiger charge is -2.15. The maximum absolute atomic E-state index is 12.9. The third-order valence-corrected chi connectivity index (χ3v) is 2.87. The SMILES string of the molecule is CCC(CCBr)NC(=O)c1cc(F)cc(F)c1. The summed E-state index contributed by atoms with van der Waals surface area (Å²) in [5.41, 5.74) is 0.00974. The van der Waals surface area contributed by atoms with Crippen molar-refractivity contribution in [2.75, 3.05) is 5.33 Å². The number of carbonyl (C=O) groups excluding carboxylic acids is 1. The minimum atomic E-state index is -0.747. The van der Waals surface area contributed by atoms with Gasteiger partial charge >= 0.3 is 0 Å². The van der Waals surface area contributed by atoms with Gasteiger partial charge in [-0.3, -0.25) is 4.79 Å². The zero-order chi connectivity index (χ0) is 12.8. The van der Waals surface area contributed by atoms with Crippen molar-refractivity contribution in [1.82, 2.24) is 5.32 Å². The van der Waals surface area contributed by atoms with E-state index in [4.69, 9.17) is 0 Å². The molecule has 1 N–H and O–H groups in total. The molecule has 17 heavy (non-hydrogen) atoms. The summed E-state index contributed by atoms with van der Waals surface area (Å²) in [5, 5.41) is 3.50. The van der Waals surface area contributed by atoms with Crippen molar-refractivity contribution in [3.63, 3.8) is 0 Å². The molecule has 0 saturated heterocycles. The Hall–Kier alpha value is -0.970. The lowest BCUT2D eigenvalue weighted by atomic mass is 10.1. The van der Waals surface area contributed by atoms with Crippen molar-refractivity contribution < 1.29 is 13.6 Å². The summed E-state index contributed by atoms with van der Waals surface area (Å²) in [5.74, 6) is -1.94. The highest BCUT2D eigenvalue weighted by atomic mass is 79.9. The van der Waals surface area contributed by atoms with Crippen LogP contribution in [0.5, 0.6) is 0 Å². The Morgan fingerprint density at radius 2 is 1.94 bits per heavy atom. The second-order valence-corrected chi connectivity index (χ2v) is 4.51. The second kappa shape index (κ2) is 6.69. The van der Waals surface area contributed by atoms with Gasteiger partial charge < -0.3 is 5.32 Å². The number of rotatable bonds is 5. The first-order valence-corrected chi connectivity index (χ1v) is 6.52. The quantitative estimate of drug-likeness (QED) is 0.831. The summed E-state index contributed by atoms with van der Waals surface area (Å²) in [4.78, 5) is 11.7. The van der Waals surface area contributed by atoms with Gasteiger partial charge in [0.05, 0.1) is 0 Å². The van der Waals surface area contributed by atoms with Gasteiger partial charge in [-0.2, -0.15) is 0 Å². The highest BCUT2D eigenvalue weighted by Crippen LogP contribution is 2.09. The monoisotopic (exact) mass is 305 g/mol. The van der Waals surface area contributed by atoms with Crippen molar-refractivity contribution in [1.29, 1.82) is 0 Å². The van der Waals surface area contributed by atoms with Gasteiger partial charge in [-0.25, -0.2) is 8.78 Å². The van der Waals surface area contributed by atoms with E-state index in [2.05, 4.69) is 21.2 Å². The zero-order valence-electron chi connectivity index (χ0n) is 9.47. The number of alkyl halides is 1. The van der Waals surface area contributed by atoms with Crippen LogP contribution in [0.2, 0.25) is 0 Å². The largest absolute Gasteiger partial charge is 0.349 e. The van der Waals surface area contributed by atoms with Gasteiger partial charge in [0.25, 0.3) is 5.91 Å².